The first-order chi connectivity index (χ1) is 8.86. The normalized spacial score (nSPS) is 13.6. The van der Waals surface area contributed by atoms with Crippen molar-refractivity contribution >= 4 is 27.8 Å². The highest BCUT2D eigenvalue weighted by Crippen LogP contribution is 2.15. The van der Waals surface area contributed by atoms with Crippen LogP contribution >= 0.6 is 15.9 Å². The smallest absolute Gasteiger partial charge is 0.305 e. The minimum absolute atomic E-state index is 0.124. The van der Waals surface area contributed by atoms with Crippen LogP contribution in [0, 0.1) is 0 Å². The number of halogens is 1. The lowest BCUT2D eigenvalue weighted by Crippen LogP contribution is -2.50. The predicted molar refractivity (Wildman–Crippen MR) is 74.1 cm³/mol. The summed E-state index contributed by atoms with van der Waals surface area (Å²) < 4.78 is 5.77. The molecule has 1 aromatic carbocycles. The molecule has 2 N–H and O–H groups in total. The summed E-state index contributed by atoms with van der Waals surface area (Å²) >= 11 is 3.28. The summed E-state index contributed by atoms with van der Waals surface area (Å²) in [5.74, 6) is -1.32. The molecule has 0 aliphatic rings. The number of carboxylic acid groups (broad SMARTS) is 1. The first-order valence-electron chi connectivity index (χ1n) is 5.65. The van der Waals surface area contributed by atoms with Gasteiger partial charge in [0.2, 0.25) is 0 Å². The van der Waals surface area contributed by atoms with Crippen molar-refractivity contribution in [2.75, 3.05) is 13.7 Å². The molecule has 0 saturated carbocycles. The minimum atomic E-state index is -0.992. The van der Waals surface area contributed by atoms with Crippen LogP contribution in [0.4, 0.5) is 0 Å². The highest BCUT2D eigenvalue weighted by Gasteiger charge is 2.29. The van der Waals surface area contributed by atoms with E-state index in [1.165, 1.54) is 7.11 Å². The lowest BCUT2D eigenvalue weighted by atomic mass is 9.98. The fourth-order valence-electron chi connectivity index (χ4n) is 1.76. The molecule has 0 aliphatic carbocycles. The number of carbonyl (C=O) groups is 2. The van der Waals surface area contributed by atoms with Gasteiger partial charge in [0.15, 0.2) is 0 Å². The van der Waals surface area contributed by atoms with Crippen molar-refractivity contribution in [2.24, 2.45) is 0 Å². The largest absolute Gasteiger partial charge is 0.481 e. The Morgan fingerprint density at radius 3 is 2.68 bits per heavy atom. The van der Waals surface area contributed by atoms with Gasteiger partial charge in [-0.25, -0.2) is 0 Å². The van der Waals surface area contributed by atoms with Gasteiger partial charge in [-0.1, -0.05) is 22.0 Å². The summed E-state index contributed by atoms with van der Waals surface area (Å²) in [6.07, 6.45) is -0.208. The van der Waals surface area contributed by atoms with Crippen LogP contribution in [0.25, 0.3) is 0 Å². The van der Waals surface area contributed by atoms with Crippen molar-refractivity contribution in [2.45, 2.75) is 18.9 Å². The summed E-state index contributed by atoms with van der Waals surface area (Å²) in [6.45, 7) is 1.76. The molecule has 19 heavy (non-hydrogen) atoms. The number of amides is 1. The maximum Gasteiger partial charge on any atom is 0.305 e. The molecule has 0 fully saturated rings. The number of carbonyl (C=O) groups excluding carboxylic acids is 1. The van der Waals surface area contributed by atoms with Crippen LogP contribution < -0.4 is 5.32 Å². The lowest BCUT2D eigenvalue weighted by Gasteiger charge is -2.28. The Bertz CT molecular complexity index is 477. The number of hydrogen-bond donors (Lipinski definition) is 2. The first kappa shape index (κ1) is 15.7. The van der Waals surface area contributed by atoms with Gasteiger partial charge in [0.1, 0.15) is 0 Å². The van der Waals surface area contributed by atoms with E-state index in [9.17, 15) is 9.59 Å². The monoisotopic (exact) mass is 329 g/mol. The number of nitrogens with one attached hydrogen (secondary N) is 1. The van der Waals surface area contributed by atoms with E-state index in [2.05, 4.69) is 21.2 Å². The van der Waals surface area contributed by atoms with Crippen molar-refractivity contribution in [1.82, 2.24) is 5.32 Å². The van der Waals surface area contributed by atoms with Gasteiger partial charge >= 0.3 is 5.97 Å². The Kier molecular flexibility index (Phi) is 5.50. The standard InChI is InChI=1S/C13H16BrNO4/c1-13(8-19-2,7-11(16)17)15-12(18)9-4-3-5-10(14)6-9/h3-6H,7-8H2,1-2H3,(H,15,18)(H,16,17). The van der Waals surface area contributed by atoms with Gasteiger partial charge < -0.3 is 15.2 Å². The molecule has 0 aromatic heterocycles. The van der Waals surface area contributed by atoms with E-state index >= 15 is 0 Å². The van der Waals surface area contributed by atoms with Crippen LogP contribution in [0.15, 0.2) is 28.7 Å². The van der Waals surface area contributed by atoms with E-state index in [-0.39, 0.29) is 18.9 Å². The highest BCUT2D eigenvalue weighted by molar-refractivity contribution is 9.10. The Hall–Kier alpha value is -1.40. The molecule has 1 rings (SSSR count). The first-order valence-corrected chi connectivity index (χ1v) is 6.44. The molecule has 6 heteroatoms. The Labute approximate surface area is 120 Å². The summed E-state index contributed by atoms with van der Waals surface area (Å²) in [4.78, 5) is 22.9. The van der Waals surface area contributed by atoms with Gasteiger partial charge in [-0.2, -0.15) is 0 Å². The molecule has 0 spiro atoms. The van der Waals surface area contributed by atoms with Crippen molar-refractivity contribution in [1.29, 1.82) is 0 Å². The maximum atomic E-state index is 12.1. The molecular weight excluding hydrogens is 314 g/mol. The molecule has 0 heterocycles. The van der Waals surface area contributed by atoms with E-state index in [0.717, 1.165) is 4.47 Å². The summed E-state index contributed by atoms with van der Waals surface area (Å²) in [5.41, 5.74) is -0.484. The second-order valence-corrected chi connectivity index (χ2v) is 5.44. The van der Waals surface area contributed by atoms with Gasteiger partial charge in [0.25, 0.3) is 5.91 Å². The van der Waals surface area contributed by atoms with E-state index < -0.39 is 11.5 Å². The number of hydrogen-bond acceptors (Lipinski definition) is 3. The molecule has 1 unspecified atom stereocenters. The van der Waals surface area contributed by atoms with Crippen molar-refractivity contribution in [3.05, 3.63) is 34.3 Å². The zero-order chi connectivity index (χ0) is 14.5. The third kappa shape index (κ3) is 5.00. The van der Waals surface area contributed by atoms with E-state index in [0.29, 0.717) is 5.56 Å². The Morgan fingerprint density at radius 2 is 2.16 bits per heavy atom. The summed E-state index contributed by atoms with van der Waals surface area (Å²) in [6, 6.07) is 6.88. The average molecular weight is 330 g/mol. The van der Waals surface area contributed by atoms with Crippen molar-refractivity contribution < 1.29 is 19.4 Å². The Balaban J connectivity index is 2.84. The zero-order valence-corrected chi connectivity index (χ0v) is 12.4. The second kappa shape index (κ2) is 6.68. The molecule has 1 amide bonds. The van der Waals surface area contributed by atoms with Crippen LogP contribution in [0.1, 0.15) is 23.7 Å². The number of benzene rings is 1. The minimum Gasteiger partial charge on any atom is -0.481 e. The molecule has 0 aliphatic heterocycles. The van der Waals surface area contributed by atoms with Crippen LogP contribution in [-0.4, -0.2) is 36.2 Å². The van der Waals surface area contributed by atoms with E-state index in [4.69, 9.17) is 9.84 Å². The van der Waals surface area contributed by atoms with Crippen LogP contribution in [0.2, 0.25) is 0 Å². The molecule has 0 radical (unpaired) electrons. The number of ether oxygens (including phenoxy) is 1. The summed E-state index contributed by atoms with van der Waals surface area (Å²) in [5, 5.41) is 11.6. The van der Waals surface area contributed by atoms with Crippen LogP contribution in [0.5, 0.6) is 0 Å². The number of carboxylic acids is 1. The maximum absolute atomic E-state index is 12.1. The average Bonchev–Trinajstić information content (AvgIpc) is 2.27. The Morgan fingerprint density at radius 1 is 1.47 bits per heavy atom. The third-order valence-corrected chi connectivity index (χ3v) is 3.00. The summed E-state index contributed by atoms with van der Waals surface area (Å²) in [7, 11) is 1.46. The van der Waals surface area contributed by atoms with Gasteiger partial charge in [0.05, 0.1) is 18.6 Å². The van der Waals surface area contributed by atoms with Crippen LogP contribution in [0.3, 0.4) is 0 Å². The number of rotatable bonds is 6. The second-order valence-electron chi connectivity index (χ2n) is 4.53. The van der Waals surface area contributed by atoms with Crippen molar-refractivity contribution in [3.8, 4) is 0 Å². The molecule has 0 saturated heterocycles. The fourth-order valence-corrected chi connectivity index (χ4v) is 2.16. The fraction of sp³-hybridized carbons (Fsp3) is 0.385. The quantitative estimate of drug-likeness (QED) is 0.837. The number of methoxy groups -OCH3 is 1. The molecule has 5 nitrogen and oxygen atoms in total. The molecule has 104 valence electrons. The van der Waals surface area contributed by atoms with Gasteiger partial charge in [-0.05, 0) is 25.1 Å². The van der Waals surface area contributed by atoms with Gasteiger partial charge in [-0.3, -0.25) is 9.59 Å². The van der Waals surface area contributed by atoms with Crippen LogP contribution in [-0.2, 0) is 9.53 Å². The van der Waals surface area contributed by atoms with E-state index in [1.54, 1.807) is 25.1 Å². The lowest BCUT2D eigenvalue weighted by molar-refractivity contribution is -0.139. The highest BCUT2D eigenvalue weighted by atomic mass is 79.9. The van der Waals surface area contributed by atoms with Crippen molar-refractivity contribution in [3.63, 3.8) is 0 Å². The number of aliphatic carboxylic acids is 1. The van der Waals surface area contributed by atoms with E-state index in [1.807, 2.05) is 6.07 Å². The zero-order valence-electron chi connectivity index (χ0n) is 10.8. The molecule has 0 bridgehead atoms. The SMILES string of the molecule is COCC(C)(CC(=O)O)NC(=O)c1cccc(Br)c1. The molecule has 1 aromatic rings. The molecular formula is C13H16BrNO4. The predicted octanol–water partition coefficient (Wildman–Crippen LogP) is 2.06. The third-order valence-electron chi connectivity index (χ3n) is 2.51. The topological polar surface area (TPSA) is 75.6 Å². The van der Waals surface area contributed by atoms with Gasteiger partial charge in [0, 0.05) is 17.1 Å². The van der Waals surface area contributed by atoms with Gasteiger partial charge in [-0.15, -0.1) is 0 Å². The molecule has 1 atom stereocenters.